The number of hydrogen-bond donors (Lipinski definition) is 1. The number of amides is 1. The largest absolute Gasteiger partial charge is 0.410 e. The average molecular weight is 229 g/mol. The molecule has 1 heterocycles. The van der Waals surface area contributed by atoms with Crippen LogP contribution in [0.25, 0.3) is 11.3 Å². The van der Waals surface area contributed by atoms with Gasteiger partial charge in [-0.2, -0.15) is 0 Å². The molecule has 0 saturated carbocycles. The molecule has 0 radical (unpaired) electrons. The molecule has 1 aromatic carbocycles. The van der Waals surface area contributed by atoms with E-state index < -0.39 is 6.09 Å². The summed E-state index contributed by atoms with van der Waals surface area (Å²) in [5, 5.41) is 0. The second kappa shape index (κ2) is 4.61. The van der Waals surface area contributed by atoms with Crippen molar-refractivity contribution >= 4 is 6.09 Å². The van der Waals surface area contributed by atoms with Crippen LogP contribution in [-0.4, -0.2) is 16.1 Å². The number of carbonyl (C=O) groups is 1. The number of para-hydroxylation sites is 1. The first-order valence-corrected chi connectivity index (χ1v) is 5.02. The van der Waals surface area contributed by atoms with E-state index in [4.69, 9.17) is 10.5 Å². The maximum atomic E-state index is 10.8. The van der Waals surface area contributed by atoms with Crippen molar-refractivity contribution in [3.8, 4) is 17.0 Å². The van der Waals surface area contributed by atoms with Crippen LogP contribution in [0.3, 0.4) is 0 Å². The Morgan fingerprint density at radius 3 is 2.65 bits per heavy atom. The lowest BCUT2D eigenvalue weighted by atomic mass is 10.1. The minimum absolute atomic E-state index is 0.373. The molecule has 0 fully saturated rings. The van der Waals surface area contributed by atoms with Crippen LogP contribution in [0.2, 0.25) is 0 Å². The zero-order valence-electron chi connectivity index (χ0n) is 9.25. The van der Waals surface area contributed by atoms with Gasteiger partial charge in [-0.25, -0.2) is 4.79 Å². The van der Waals surface area contributed by atoms with E-state index in [0.717, 1.165) is 5.69 Å². The van der Waals surface area contributed by atoms with Crippen molar-refractivity contribution in [2.45, 2.75) is 6.92 Å². The van der Waals surface area contributed by atoms with Crippen LogP contribution >= 0.6 is 0 Å². The number of carbonyl (C=O) groups excluding carboxylic acids is 1. The van der Waals surface area contributed by atoms with Gasteiger partial charge in [-0.05, 0) is 19.1 Å². The molecule has 0 bridgehead atoms. The zero-order valence-corrected chi connectivity index (χ0v) is 9.25. The molecule has 1 aromatic heterocycles. The van der Waals surface area contributed by atoms with Gasteiger partial charge in [0.05, 0.1) is 17.6 Å². The molecule has 0 saturated heterocycles. The third kappa shape index (κ3) is 2.57. The fourth-order valence-corrected chi connectivity index (χ4v) is 1.41. The molecule has 0 atom stereocenters. The van der Waals surface area contributed by atoms with Crippen molar-refractivity contribution in [1.82, 2.24) is 9.97 Å². The lowest BCUT2D eigenvalue weighted by molar-refractivity contribution is 0.211. The highest BCUT2D eigenvalue weighted by Gasteiger charge is 2.09. The topological polar surface area (TPSA) is 78.1 Å². The molecule has 5 nitrogen and oxygen atoms in total. The summed E-state index contributed by atoms with van der Waals surface area (Å²) < 4.78 is 4.90. The van der Waals surface area contributed by atoms with E-state index >= 15 is 0 Å². The molecule has 0 aliphatic carbocycles. The van der Waals surface area contributed by atoms with Gasteiger partial charge in [0, 0.05) is 11.8 Å². The lowest BCUT2D eigenvalue weighted by Gasteiger charge is -2.07. The minimum Gasteiger partial charge on any atom is -0.410 e. The van der Waals surface area contributed by atoms with Crippen LogP contribution < -0.4 is 10.5 Å². The van der Waals surface area contributed by atoms with Crippen LogP contribution in [0, 0.1) is 6.92 Å². The van der Waals surface area contributed by atoms with Crippen LogP contribution in [0.15, 0.2) is 36.7 Å². The highest BCUT2D eigenvalue weighted by atomic mass is 16.5. The highest BCUT2D eigenvalue weighted by molar-refractivity contribution is 5.74. The van der Waals surface area contributed by atoms with Crippen molar-refractivity contribution in [2.24, 2.45) is 5.73 Å². The fraction of sp³-hybridized carbons (Fsp3) is 0.0833. The fourth-order valence-electron chi connectivity index (χ4n) is 1.41. The number of benzene rings is 1. The van der Waals surface area contributed by atoms with Gasteiger partial charge < -0.3 is 10.5 Å². The molecule has 86 valence electrons. The molecule has 17 heavy (non-hydrogen) atoms. The average Bonchev–Trinajstić information content (AvgIpc) is 2.30. The summed E-state index contributed by atoms with van der Waals surface area (Å²) in [5.74, 6) is 0.373. The predicted molar refractivity (Wildman–Crippen MR) is 62.4 cm³/mol. The molecule has 0 spiro atoms. The number of aromatic nitrogens is 2. The molecule has 5 heteroatoms. The monoisotopic (exact) mass is 229 g/mol. The molecular formula is C12H11N3O2. The smallest absolute Gasteiger partial charge is 0.409 e. The lowest BCUT2D eigenvalue weighted by Crippen LogP contribution is -2.16. The van der Waals surface area contributed by atoms with Gasteiger partial charge in [0.25, 0.3) is 0 Å². The molecule has 0 unspecified atom stereocenters. The van der Waals surface area contributed by atoms with Crippen molar-refractivity contribution < 1.29 is 9.53 Å². The van der Waals surface area contributed by atoms with Gasteiger partial charge in [-0.1, -0.05) is 12.1 Å². The standard InChI is InChI=1S/C12H11N3O2/c1-8-6-15-10(7-14-8)9-4-2-3-5-11(9)17-12(13)16/h2-7H,1H3,(H2,13,16). The highest BCUT2D eigenvalue weighted by Crippen LogP contribution is 2.27. The maximum absolute atomic E-state index is 10.8. The number of ether oxygens (including phenoxy) is 1. The summed E-state index contributed by atoms with van der Waals surface area (Å²) >= 11 is 0. The van der Waals surface area contributed by atoms with Gasteiger partial charge >= 0.3 is 6.09 Å². The quantitative estimate of drug-likeness (QED) is 0.853. The SMILES string of the molecule is Cc1cnc(-c2ccccc2OC(N)=O)cn1. The maximum Gasteiger partial charge on any atom is 0.409 e. The Hall–Kier alpha value is -2.43. The second-order valence-electron chi connectivity index (χ2n) is 3.46. The third-order valence-electron chi connectivity index (χ3n) is 2.15. The Balaban J connectivity index is 2.44. The van der Waals surface area contributed by atoms with Crippen LogP contribution in [-0.2, 0) is 0 Å². The number of nitrogens with two attached hydrogens (primary N) is 1. The summed E-state index contributed by atoms with van der Waals surface area (Å²) in [5.41, 5.74) is 7.13. The van der Waals surface area contributed by atoms with E-state index in [-0.39, 0.29) is 0 Å². The van der Waals surface area contributed by atoms with Crippen molar-refractivity contribution in [3.63, 3.8) is 0 Å². The van der Waals surface area contributed by atoms with Crippen LogP contribution in [0.1, 0.15) is 5.69 Å². The Morgan fingerprint density at radius 2 is 2.00 bits per heavy atom. The predicted octanol–water partition coefficient (Wildman–Crippen LogP) is 1.91. The summed E-state index contributed by atoms with van der Waals surface area (Å²) in [7, 11) is 0. The Labute approximate surface area is 98.3 Å². The minimum atomic E-state index is -0.850. The van der Waals surface area contributed by atoms with Crippen molar-refractivity contribution in [1.29, 1.82) is 0 Å². The van der Waals surface area contributed by atoms with E-state index in [2.05, 4.69) is 9.97 Å². The van der Waals surface area contributed by atoms with Gasteiger partial charge in [-0.3, -0.25) is 9.97 Å². The number of hydrogen-bond acceptors (Lipinski definition) is 4. The molecule has 0 aliphatic heterocycles. The molecule has 0 aliphatic rings. The summed E-state index contributed by atoms with van der Waals surface area (Å²) in [6.45, 7) is 1.85. The number of rotatable bonds is 2. The van der Waals surface area contributed by atoms with Gasteiger partial charge in [-0.15, -0.1) is 0 Å². The summed E-state index contributed by atoms with van der Waals surface area (Å²) in [4.78, 5) is 19.1. The van der Waals surface area contributed by atoms with E-state index in [1.165, 1.54) is 0 Å². The van der Waals surface area contributed by atoms with Gasteiger partial charge in [0.1, 0.15) is 5.75 Å². The van der Waals surface area contributed by atoms with E-state index in [9.17, 15) is 4.79 Å². The normalized spacial score (nSPS) is 9.94. The first-order chi connectivity index (χ1) is 8.16. The molecule has 1 amide bonds. The van der Waals surface area contributed by atoms with Crippen molar-refractivity contribution in [2.75, 3.05) is 0 Å². The number of aryl methyl sites for hydroxylation is 1. The molecular weight excluding hydrogens is 218 g/mol. The summed E-state index contributed by atoms with van der Waals surface area (Å²) in [6.07, 6.45) is 2.42. The molecule has 2 rings (SSSR count). The summed E-state index contributed by atoms with van der Waals surface area (Å²) in [6, 6.07) is 7.02. The van der Waals surface area contributed by atoms with Crippen molar-refractivity contribution in [3.05, 3.63) is 42.4 Å². The third-order valence-corrected chi connectivity index (χ3v) is 2.15. The first kappa shape index (κ1) is 11.1. The van der Waals surface area contributed by atoms with E-state index in [0.29, 0.717) is 17.0 Å². The Morgan fingerprint density at radius 1 is 1.24 bits per heavy atom. The zero-order chi connectivity index (χ0) is 12.3. The van der Waals surface area contributed by atoms with Gasteiger partial charge in [0.2, 0.25) is 0 Å². The Kier molecular flexibility index (Phi) is 3.00. The molecule has 2 aromatic rings. The van der Waals surface area contributed by atoms with Crippen LogP contribution in [0.5, 0.6) is 5.75 Å². The Bertz CT molecular complexity index is 538. The van der Waals surface area contributed by atoms with Crippen LogP contribution in [0.4, 0.5) is 4.79 Å². The number of primary amides is 1. The second-order valence-corrected chi connectivity index (χ2v) is 3.46. The van der Waals surface area contributed by atoms with Gasteiger partial charge in [0.15, 0.2) is 0 Å². The first-order valence-electron chi connectivity index (χ1n) is 5.02. The number of nitrogens with zero attached hydrogens (tertiary/aromatic N) is 2. The van der Waals surface area contributed by atoms with E-state index in [1.54, 1.807) is 30.6 Å². The van der Waals surface area contributed by atoms with E-state index in [1.807, 2.05) is 13.0 Å². The molecule has 2 N–H and O–H groups in total.